The molecule has 70 valence electrons. The van der Waals surface area contributed by atoms with Crippen LogP contribution < -0.4 is 0 Å². The second-order valence-electron chi connectivity index (χ2n) is 2.86. The van der Waals surface area contributed by atoms with Crippen LogP contribution in [-0.4, -0.2) is 16.2 Å². The Hall–Kier alpha value is -1.42. The van der Waals surface area contributed by atoms with Crippen LogP contribution in [-0.2, 0) is 10.4 Å². The van der Waals surface area contributed by atoms with Crippen LogP contribution in [0.3, 0.4) is 0 Å². The van der Waals surface area contributed by atoms with E-state index in [0.717, 1.165) is 13.0 Å². The largest absolute Gasteiger partial charge is 0.479 e. The van der Waals surface area contributed by atoms with E-state index in [0.29, 0.717) is 0 Å². The summed E-state index contributed by atoms with van der Waals surface area (Å²) in [5.41, 5.74) is -2.41. The lowest BCUT2D eigenvalue weighted by Gasteiger charge is -2.18. The third-order valence-electron chi connectivity index (χ3n) is 1.81. The van der Waals surface area contributed by atoms with Gasteiger partial charge in [-0.05, 0) is 13.0 Å². The number of hydrogen-bond donors (Lipinski definition) is 2. The number of rotatable bonds is 2. The second-order valence-corrected chi connectivity index (χ2v) is 2.86. The predicted molar refractivity (Wildman–Crippen MR) is 43.6 cm³/mol. The molecule has 1 rings (SSSR count). The maximum Gasteiger partial charge on any atom is 0.340 e. The van der Waals surface area contributed by atoms with Crippen molar-refractivity contribution in [1.29, 1.82) is 0 Å². The van der Waals surface area contributed by atoms with Gasteiger partial charge in [0, 0.05) is 5.56 Å². The molecule has 0 saturated heterocycles. The molecule has 13 heavy (non-hydrogen) atoms. The Kier molecular flexibility index (Phi) is 2.34. The Bertz CT molecular complexity index is 333. The van der Waals surface area contributed by atoms with Gasteiger partial charge in [-0.25, -0.2) is 9.18 Å². The first-order chi connectivity index (χ1) is 5.96. The summed E-state index contributed by atoms with van der Waals surface area (Å²) in [6, 6.07) is 5.24. The van der Waals surface area contributed by atoms with E-state index in [9.17, 15) is 14.3 Å². The van der Waals surface area contributed by atoms with Crippen LogP contribution in [0.2, 0.25) is 0 Å². The molecule has 0 aliphatic carbocycles. The SMILES string of the molecule is C[C@@](O)(C(=O)O)c1ccccc1F. The van der Waals surface area contributed by atoms with E-state index in [1.807, 2.05) is 0 Å². The van der Waals surface area contributed by atoms with Gasteiger partial charge in [0.15, 0.2) is 5.60 Å². The Labute approximate surface area is 74.4 Å². The molecule has 0 radical (unpaired) electrons. The molecule has 0 fully saturated rings. The van der Waals surface area contributed by atoms with E-state index in [1.54, 1.807) is 0 Å². The summed E-state index contributed by atoms with van der Waals surface area (Å²) < 4.78 is 13.0. The predicted octanol–water partition coefficient (Wildman–Crippen LogP) is 1.12. The van der Waals surface area contributed by atoms with Crippen molar-refractivity contribution >= 4 is 5.97 Å². The van der Waals surface area contributed by atoms with Gasteiger partial charge in [0.1, 0.15) is 5.82 Å². The minimum absolute atomic E-state index is 0.234. The molecule has 0 aliphatic rings. The molecule has 0 aromatic heterocycles. The molecule has 0 saturated carbocycles. The molecule has 0 amide bonds. The molecule has 1 atom stereocenters. The van der Waals surface area contributed by atoms with E-state index < -0.39 is 17.4 Å². The number of carbonyl (C=O) groups is 1. The maximum atomic E-state index is 13.0. The number of aliphatic hydroxyl groups is 1. The van der Waals surface area contributed by atoms with Gasteiger partial charge in [0.05, 0.1) is 0 Å². The zero-order chi connectivity index (χ0) is 10.1. The fraction of sp³-hybridized carbons (Fsp3) is 0.222. The molecule has 4 heteroatoms. The van der Waals surface area contributed by atoms with Crippen LogP contribution in [0.4, 0.5) is 4.39 Å². The first-order valence-electron chi connectivity index (χ1n) is 3.67. The average Bonchev–Trinajstić information content (AvgIpc) is 2.04. The van der Waals surface area contributed by atoms with E-state index >= 15 is 0 Å². The molecule has 1 aromatic carbocycles. The van der Waals surface area contributed by atoms with Crippen molar-refractivity contribution < 1.29 is 19.4 Å². The average molecular weight is 184 g/mol. The summed E-state index contributed by atoms with van der Waals surface area (Å²) in [5, 5.41) is 18.0. The maximum absolute atomic E-state index is 13.0. The first kappa shape index (κ1) is 9.67. The highest BCUT2D eigenvalue weighted by Crippen LogP contribution is 2.23. The number of halogens is 1. The molecule has 3 nitrogen and oxygen atoms in total. The van der Waals surface area contributed by atoms with Gasteiger partial charge in [-0.1, -0.05) is 18.2 Å². The monoisotopic (exact) mass is 184 g/mol. The van der Waals surface area contributed by atoms with Crippen LogP contribution in [0.1, 0.15) is 12.5 Å². The summed E-state index contributed by atoms with van der Waals surface area (Å²) in [7, 11) is 0. The second kappa shape index (κ2) is 3.14. The van der Waals surface area contributed by atoms with Gasteiger partial charge >= 0.3 is 5.97 Å². The number of carboxylic acid groups (broad SMARTS) is 1. The molecule has 0 unspecified atom stereocenters. The summed E-state index contributed by atoms with van der Waals surface area (Å²) in [6.07, 6.45) is 0. The lowest BCUT2D eigenvalue weighted by Crippen LogP contribution is -2.32. The number of hydrogen-bond acceptors (Lipinski definition) is 2. The van der Waals surface area contributed by atoms with Gasteiger partial charge in [0.25, 0.3) is 0 Å². The third-order valence-corrected chi connectivity index (χ3v) is 1.81. The highest BCUT2D eigenvalue weighted by molar-refractivity contribution is 5.78. The van der Waals surface area contributed by atoms with Crippen LogP contribution in [0.5, 0.6) is 0 Å². The molecule has 2 N–H and O–H groups in total. The Morgan fingerprint density at radius 1 is 1.46 bits per heavy atom. The summed E-state index contributed by atoms with van der Waals surface area (Å²) in [5.74, 6) is -2.20. The van der Waals surface area contributed by atoms with Crippen LogP contribution >= 0.6 is 0 Å². The summed E-state index contributed by atoms with van der Waals surface area (Å²) in [6.45, 7) is 1.04. The molecule has 0 bridgehead atoms. The lowest BCUT2D eigenvalue weighted by molar-refractivity contribution is -0.157. The van der Waals surface area contributed by atoms with E-state index in [4.69, 9.17) is 5.11 Å². The van der Waals surface area contributed by atoms with Gasteiger partial charge in [-0.2, -0.15) is 0 Å². The summed E-state index contributed by atoms with van der Waals surface area (Å²) >= 11 is 0. The number of benzene rings is 1. The summed E-state index contributed by atoms with van der Waals surface area (Å²) in [4.78, 5) is 10.6. The quantitative estimate of drug-likeness (QED) is 0.724. The standard InChI is InChI=1S/C9H9FO3/c1-9(13,8(11)12)6-4-2-3-5-7(6)10/h2-5,13H,1H3,(H,11,12)/t9-/m0/s1. The third kappa shape index (κ3) is 1.67. The Morgan fingerprint density at radius 2 is 2.00 bits per heavy atom. The normalized spacial score (nSPS) is 15.0. The minimum atomic E-state index is -2.18. The Morgan fingerprint density at radius 3 is 2.46 bits per heavy atom. The fourth-order valence-corrected chi connectivity index (χ4v) is 0.971. The number of carboxylic acids is 1. The van der Waals surface area contributed by atoms with E-state index in [1.165, 1.54) is 18.2 Å². The molecular weight excluding hydrogens is 175 g/mol. The minimum Gasteiger partial charge on any atom is -0.479 e. The lowest BCUT2D eigenvalue weighted by atomic mass is 9.96. The van der Waals surface area contributed by atoms with Crippen molar-refractivity contribution in [2.75, 3.05) is 0 Å². The van der Waals surface area contributed by atoms with Crippen LogP contribution in [0.15, 0.2) is 24.3 Å². The molecule has 0 spiro atoms. The van der Waals surface area contributed by atoms with Crippen LogP contribution in [0.25, 0.3) is 0 Å². The van der Waals surface area contributed by atoms with E-state index in [-0.39, 0.29) is 5.56 Å². The Balaban J connectivity index is 3.22. The van der Waals surface area contributed by atoms with E-state index in [2.05, 4.69) is 0 Å². The smallest absolute Gasteiger partial charge is 0.340 e. The molecule has 0 aliphatic heterocycles. The van der Waals surface area contributed by atoms with Crippen molar-refractivity contribution in [3.8, 4) is 0 Å². The van der Waals surface area contributed by atoms with Crippen molar-refractivity contribution in [3.05, 3.63) is 35.6 Å². The van der Waals surface area contributed by atoms with Crippen LogP contribution in [0, 0.1) is 5.82 Å². The van der Waals surface area contributed by atoms with Crippen molar-refractivity contribution in [2.45, 2.75) is 12.5 Å². The molecule has 0 heterocycles. The highest BCUT2D eigenvalue weighted by atomic mass is 19.1. The van der Waals surface area contributed by atoms with Gasteiger partial charge in [0.2, 0.25) is 0 Å². The number of aliphatic carboxylic acids is 1. The van der Waals surface area contributed by atoms with Gasteiger partial charge in [-0.15, -0.1) is 0 Å². The van der Waals surface area contributed by atoms with Crippen molar-refractivity contribution in [1.82, 2.24) is 0 Å². The highest BCUT2D eigenvalue weighted by Gasteiger charge is 2.34. The molecular formula is C9H9FO3. The van der Waals surface area contributed by atoms with Crippen molar-refractivity contribution in [2.24, 2.45) is 0 Å². The fourth-order valence-electron chi connectivity index (χ4n) is 0.971. The topological polar surface area (TPSA) is 57.5 Å². The zero-order valence-corrected chi connectivity index (χ0v) is 6.99. The molecule has 1 aromatic rings. The van der Waals surface area contributed by atoms with Gasteiger partial charge in [-0.3, -0.25) is 0 Å². The van der Waals surface area contributed by atoms with Crippen molar-refractivity contribution in [3.63, 3.8) is 0 Å². The zero-order valence-electron chi connectivity index (χ0n) is 6.99. The van der Waals surface area contributed by atoms with Gasteiger partial charge < -0.3 is 10.2 Å². The first-order valence-corrected chi connectivity index (χ1v) is 3.67.